The molecule has 0 atom stereocenters. The predicted molar refractivity (Wildman–Crippen MR) is 101 cm³/mol. The quantitative estimate of drug-likeness (QED) is 0.662. The molecule has 0 aliphatic heterocycles. The molecule has 6 heteroatoms. The van der Waals surface area contributed by atoms with Crippen LogP contribution in [0, 0.1) is 5.82 Å². The Morgan fingerprint density at radius 3 is 2.31 bits per heavy atom. The number of thiophene rings is 1. The maximum absolute atomic E-state index is 13.0. The lowest BCUT2D eigenvalue weighted by atomic mass is 10.2. The first kappa shape index (κ1) is 17.6. The maximum atomic E-state index is 13.0. The van der Waals surface area contributed by atoms with Gasteiger partial charge in [-0.2, -0.15) is 0 Å². The van der Waals surface area contributed by atoms with Gasteiger partial charge in [0.1, 0.15) is 11.5 Å². The molecule has 0 radical (unpaired) electrons. The summed E-state index contributed by atoms with van der Waals surface area (Å²) in [6.07, 6.45) is 1.60. The molecule has 2 N–H and O–H groups in total. The lowest BCUT2D eigenvalue weighted by molar-refractivity contribution is -0.113. The number of carbonyl (C=O) groups is 2. The average Bonchev–Trinajstić information content (AvgIpc) is 3.17. The molecule has 2 aromatic carbocycles. The van der Waals surface area contributed by atoms with Crippen LogP contribution in [0.2, 0.25) is 0 Å². The molecular weight excluding hydrogens is 351 g/mol. The third-order valence-electron chi connectivity index (χ3n) is 3.46. The van der Waals surface area contributed by atoms with E-state index in [2.05, 4.69) is 10.6 Å². The zero-order chi connectivity index (χ0) is 18.4. The molecule has 0 aliphatic carbocycles. The lowest BCUT2D eigenvalue weighted by Gasteiger charge is -2.11. The van der Waals surface area contributed by atoms with Crippen molar-refractivity contribution in [2.75, 3.05) is 5.32 Å². The van der Waals surface area contributed by atoms with Crippen molar-refractivity contribution in [3.63, 3.8) is 0 Å². The van der Waals surface area contributed by atoms with Crippen LogP contribution in [0.1, 0.15) is 15.2 Å². The molecule has 0 aliphatic rings. The summed E-state index contributed by atoms with van der Waals surface area (Å²) in [5.74, 6) is -1.27. The summed E-state index contributed by atoms with van der Waals surface area (Å²) in [5.41, 5.74) is 0.979. The van der Waals surface area contributed by atoms with E-state index in [-0.39, 0.29) is 11.6 Å². The first-order chi connectivity index (χ1) is 12.6. The van der Waals surface area contributed by atoms with Crippen LogP contribution in [0.4, 0.5) is 10.1 Å². The molecule has 4 nitrogen and oxygen atoms in total. The number of hydrogen-bond acceptors (Lipinski definition) is 3. The molecule has 1 heterocycles. The van der Waals surface area contributed by atoms with E-state index in [9.17, 15) is 14.0 Å². The van der Waals surface area contributed by atoms with Crippen LogP contribution in [0.3, 0.4) is 0 Å². The highest BCUT2D eigenvalue weighted by Gasteiger charge is 2.15. The van der Waals surface area contributed by atoms with Gasteiger partial charge in [-0.1, -0.05) is 24.3 Å². The van der Waals surface area contributed by atoms with Crippen molar-refractivity contribution in [1.82, 2.24) is 5.32 Å². The van der Waals surface area contributed by atoms with E-state index in [1.807, 2.05) is 17.5 Å². The number of rotatable bonds is 5. The van der Waals surface area contributed by atoms with E-state index in [0.29, 0.717) is 11.3 Å². The number of nitrogens with one attached hydrogen (secondary N) is 2. The zero-order valence-corrected chi connectivity index (χ0v) is 14.4. The summed E-state index contributed by atoms with van der Waals surface area (Å²) in [6, 6.07) is 17.7. The van der Waals surface area contributed by atoms with Gasteiger partial charge >= 0.3 is 0 Å². The standard InChI is InChI=1S/C20H15FN2O2S/c21-15-8-10-16(11-9-15)22-20(25)18(13-17-7-4-12-26-17)23-19(24)14-5-2-1-3-6-14/h1-13H,(H,22,25)(H,23,24)/b18-13+. The van der Waals surface area contributed by atoms with Crippen molar-refractivity contribution in [3.8, 4) is 0 Å². The number of amides is 2. The molecule has 3 aromatic rings. The molecule has 0 spiro atoms. The van der Waals surface area contributed by atoms with Crippen molar-refractivity contribution in [2.45, 2.75) is 0 Å². The van der Waals surface area contributed by atoms with E-state index in [1.54, 1.807) is 36.4 Å². The van der Waals surface area contributed by atoms with E-state index < -0.39 is 11.7 Å². The van der Waals surface area contributed by atoms with E-state index in [0.717, 1.165) is 4.88 Å². The van der Waals surface area contributed by atoms with Gasteiger partial charge in [0, 0.05) is 16.1 Å². The normalized spacial score (nSPS) is 11.0. The van der Waals surface area contributed by atoms with E-state index in [4.69, 9.17) is 0 Å². The van der Waals surface area contributed by atoms with Gasteiger partial charge < -0.3 is 10.6 Å². The Bertz CT molecular complexity index is 920. The largest absolute Gasteiger partial charge is 0.321 e. The van der Waals surface area contributed by atoms with Crippen LogP contribution >= 0.6 is 11.3 Å². The van der Waals surface area contributed by atoms with E-state index in [1.165, 1.54) is 35.6 Å². The molecule has 2 amide bonds. The second kappa shape index (κ2) is 8.22. The number of hydrogen-bond donors (Lipinski definition) is 2. The van der Waals surface area contributed by atoms with Crippen LogP contribution < -0.4 is 10.6 Å². The summed E-state index contributed by atoms with van der Waals surface area (Å²) in [7, 11) is 0. The molecular formula is C20H15FN2O2S. The van der Waals surface area contributed by atoms with Gasteiger partial charge in [0.15, 0.2) is 0 Å². The zero-order valence-electron chi connectivity index (χ0n) is 13.6. The summed E-state index contributed by atoms with van der Waals surface area (Å²) in [4.78, 5) is 25.8. The van der Waals surface area contributed by atoms with Crippen LogP contribution in [0.15, 0.2) is 77.8 Å². The molecule has 1 aromatic heterocycles. The Hall–Kier alpha value is -3.25. The first-order valence-corrected chi connectivity index (χ1v) is 8.68. The maximum Gasteiger partial charge on any atom is 0.272 e. The molecule has 0 saturated carbocycles. The van der Waals surface area contributed by atoms with Gasteiger partial charge in [-0.3, -0.25) is 9.59 Å². The molecule has 0 saturated heterocycles. The highest BCUT2D eigenvalue weighted by Crippen LogP contribution is 2.15. The van der Waals surface area contributed by atoms with Crippen molar-refractivity contribution >= 4 is 34.9 Å². The summed E-state index contributed by atoms with van der Waals surface area (Å²) in [5, 5.41) is 7.18. The fraction of sp³-hybridized carbons (Fsp3) is 0. The van der Waals surface area contributed by atoms with Gasteiger partial charge in [0.25, 0.3) is 11.8 Å². The van der Waals surface area contributed by atoms with Crippen molar-refractivity contribution in [1.29, 1.82) is 0 Å². The van der Waals surface area contributed by atoms with Crippen LogP contribution in [-0.4, -0.2) is 11.8 Å². The number of halogens is 1. The predicted octanol–water partition coefficient (Wildman–Crippen LogP) is 4.30. The van der Waals surface area contributed by atoms with Gasteiger partial charge in [0.2, 0.25) is 0 Å². The van der Waals surface area contributed by atoms with Crippen LogP contribution in [-0.2, 0) is 4.79 Å². The molecule has 3 rings (SSSR count). The Morgan fingerprint density at radius 2 is 1.65 bits per heavy atom. The molecule has 26 heavy (non-hydrogen) atoms. The monoisotopic (exact) mass is 366 g/mol. The Kier molecular flexibility index (Phi) is 5.56. The number of carbonyl (C=O) groups excluding carboxylic acids is 2. The minimum absolute atomic E-state index is 0.102. The molecule has 0 fully saturated rings. The van der Waals surface area contributed by atoms with Gasteiger partial charge in [0.05, 0.1) is 0 Å². The minimum atomic E-state index is -0.491. The Balaban J connectivity index is 1.82. The highest BCUT2D eigenvalue weighted by atomic mass is 32.1. The molecule has 130 valence electrons. The fourth-order valence-electron chi connectivity index (χ4n) is 2.19. The van der Waals surface area contributed by atoms with Crippen LogP contribution in [0.5, 0.6) is 0 Å². The number of benzene rings is 2. The first-order valence-electron chi connectivity index (χ1n) is 7.80. The summed E-state index contributed by atoms with van der Waals surface area (Å²) < 4.78 is 13.0. The van der Waals surface area contributed by atoms with E-state index >= 15 is 0 Å². The van der Waals surface area contributed by atoms with Gasteiger partial charge in [-0.05, 0) is 53.9 Å². The number of anilines is 1. The fourth-order valence-corrected chi connectivity index (χ4v) is 2.85. The molecule has 0 unspecified atom stereocenters. The van der Waals surface area contributed by atoms with Crippen molar-refractivity contribution < 1.29 is 14.0 Å². The highest BCUT2D eigenvalue weighted by molar-refractivity contribution is 7.10. The third kappa shape index (κ3) is 4.64. The molecule has 0 bridgehead atoms. The summed E-state index contributed by atoms with van der Waals surface area (Å²) in [6.45, 7) is 0. The van der Waals surface area contributed by atoms with Gasteiger partial charge in [-0.25, -0.2) is 4.39 Å². The Labute approximate surface area is 154 Å². The SMILES string of the molecule is O=C(Nc1ccc(F)cc1)/C(=C\c1cccs1)NC(=O)c1ccccc1. The van der Waals surface area contributed by atoms with Gasteiger partial charge in [-0.15, -0.1) is 11.3 Å². The summed E-state index contributed by atoms with van der Waals surface area (Å²) >= 11 is 1.44. The average molecular weight is 366 g/mol. The van der Waals surface area contributed by atoms with Crippen molar-refractivity contribution in [2.24, 2.45) is 0 Å². The second-order valence-corrected chi connectivity index (χ2v) is 6.33. The topological polar surface area (TPSA) is 58.2 Å². The minimum Gasteiger partial charge on any atom is -0.321 e. The van der Waals surface area contributed by atoms with Crippen molar-refractivity contribution in [3.05, 3.63) is 94.1 Å². The Morgan fingerprint density at radius 1 is 0.923 bits per heavy atom. The second-order valence-electron chi connectivity index (χ2n) is 5.35. The lowest BCUT2D eigenvalue weighted by Crippen LogP contribution is -2.30. The van der Waals surface area contributed by atoms with Crippen LogP contribution in [0.25, 0.3) is 6.08 Å². The third-order valence-corrected chi connectivity index (χ3v) is 4.28. The smallest absolute Gasteiger partial charge is 0.272 e.